The second-order valence-corrected chi connectivity index (χ2v) is 4.56. The third-order valence-corrected chi connectivity index (χ3v) is 3.15. The zero-order valence-electron chi connectivity index (χ0n) is 11.7. The van der Waals surface area contributed by atoms with Crippen LogP contribution in [0.15, 0.2) is 0 Å². The molecule has 1 unspecified atom stereocenters. The van der Waals surface area contributed by atoms with Crippen LogP contribution in [0.4, 0.5) is 0 Å². The molecule has 1 aromatic heterocycles. The third-order valence-electron chi connectivity index (χ3n) is 3.15. The van der Waals surface area contributed by atoms with Crippen LogP contribution in [0, 0.1) is 0 Å². The van der Waals surface area contributed by atoms with Gasteiger partial charge in [0.15, 0.2) is 0 Å². The molecule has 0 radical (unpaired) electrons. The smallest absolute Gasteiger partial charge is 0.294 e. The van der Waals surface area contributed by atoms with E-state index in [0.29, 0.717) is 19.0 Å². The summed E-state index contributed by atoms with van der Waals surface area (Å²) in [6.07, 6.45) is 1.66. The lowest BCUT2D eigenvalue weighted by molar-refractivity contribution is -0.130. The SMILES string of the molecule is CCCc1nc(C(=O)N2CCOCC2C(=O)NC)n[nH]1. The molecule has 20 heavy (non-hydrogen) atoms. The summed E-state index contributed by atoms with van der Waals surface area (Å²) in [4.78, 5) is 29.8. The summed E-state index contributed by atoms with van der Waals surface area (Å²) in [5.41, 5.74) is 0. The fourth-order valence-corrected chi connectivity index (χ4v) is 2.10. The molecule has 8 heteroatoms. The topological polar surface area (TPSA) is 100 Å². The molecule has 1 fully saturated rings. The maximum atomic E-state index is 12.4. The number of aryl methyl sites for hydroxylation is 1. The normalized spacial score (nSPS) is 18.9. The summed E-state index contributed by atoms with van der Waals surface area (Å²) in [7, 11) is 1.53. The Labute approximate surface area is 116 Å². The number of hydrogen-bond acceptors (Lipinski definition) is 5. The minimum Gasteiger partial charge on any atom is -0.377 e. The molecule has 1 aliphatic heterocycles. The Bertz CT molecular complexity index is 487. The van der Waals surface area contributed by atoms with Gasteiger partial charge in [-0.05, 0) is 6.42 Å². The lowest BCUT2D eigenvalue weighted by Crippen LogP contribution is -2.55. The van der Waals surface area contributed by atoms with Gasteiger partial charge in [0.25, 0.3) is 5.91 Å². The monoisotopic (exact) mass is 281 g/mol. The number of amides is 2. The van der Waals surface area contributed by atoms with E-state index in [1.165, 1.54) is 11.9 Å². The van der Waals surface area contributed by atoms with Gasteiger partial charge in [-0.3, -0.25) is 14.7 Å². The predicted octanol–water partition coefficient (Wildman–Crippen LogP) is -0.656. The molecule has 2 heterocycles. The second-order valence-electron chi connectivity index (χ2n) is 4.56. The van der Waals surface area contributed by atoms with Gasteiger partial charge in [0.05, 0.1) is 13.2 Å². The minimum atomic E-state index is -0.630. The van der Waals surface area contributed by atoms with E-state index in [1.54, 1.807) is 0 Å². The highest BCUT2D eigenvalue weighted by Gasteiger charge is 2.34. The van der Waals surface area contributed by atoms with Crippen molar-refractivity contribution in [2.45, 2.75) is 25.8 Å². The van der Waals surface area contributed by atoms with Crippen molar-refractivity contribution >= 4 is 11.8 Å². The molecule has 8 nitrogen and oxygen atoms in total. The van der Waals surface area contributed by atoms with Crippen molar-refractivity contribution < 1.29 is 14.3 Å². The van der Waals surface area contributed by atoms with E-state index in [-0.39, 0.29) is 24.2 Å². The molecule has 2 rings (SSSR count). The molecule has 1 saturated heterocycles. The molecule has 1 atom stereocenters. The van der Waals surface area contributed by atoms with Crippen LogP contribution >= 0.6 is 0 Å². The van der Waals surface area contributed by atoms with Crippen LogP contribution in [0.25, 0.3) is 0 Å². The number of aromatic amines is 1. The number of nitrogens with one attached hydrogen (secondary N) is 2. The lowest BCUT2D eigenvalue weighted by Gasteiger charge is -2.33. The van der Waals surface area contributed by atoms with E-state index in [4.69, 9.17) is 4.74 Å². The average Bonchev–Trinajstić information content (AvgIpc) is 2.94. The van der Waals surface area contributed by atoms with Crippen LogP contribution in [-0.4, -0.2) is 64.7 Å². The maximum Gasteiger partial charge on any atom is 0.294 e. The summed E-state index contributed by atoms with van der Waals surface area (Å²) >= 11 is 0. The van der Waals surface area contributed by atoms with Gasteiger partial charge in [-0.1, -0.05) is 6.92 Å². The van der Waals surface area contributed by atoms with Crippen LogP contribution in [0.5, 0.6) is 0 Å². The molecular weight excluding hydrogens is 262 g/mol. The van der Waals surface area contributed by atoms with E-state index < -0.39 is 6.04 Å². The van der Waals surface area contributed by atoms with Gasteiger partial charge < -0.3 is 15.0 Å². The Hall–Kier alpha value is -1.96. The van der Waals surface area contributed by atoms with Gasteiger partial charge in [0.2, 0.25) is 11.7 Å². The highest BCUT2D eigenvalue weighted by atomic mass is 16.5. The largest absolute Gasteiger partial charge is 0.377 e. The van der Waals surface area contributed by atoms with E-state index in [9.17, 15) is 9.59 Å². The van der Waals surface area contributed by atoms with Gasteiger partial charge >= 0.3 is 0 Å². The standard InChI is InChI=1S/C12H19N5O3/c1-3-4-9-14-10(16-15-9)12(19)17-5-6-20-7-8(17)11(18)13-2/h8H,3-7H2,1-2H3,(H,13,18)(H,14,15,16). The number of carbonyl (C=O) groups is 2. The number of carbonyl (C=O) groups excluding carboxylic acids is 2. The Morgan fingerprint density at radius 3 is 3.05 bits per heavy atom. The molecule has 0 bridgehead atoms. The second kappa shape index (κ2) is 6.47. The first kappa shape index (κ1) is 14.4. The Kier molecular flexibility index (Phi) is 4.67. The molecule has 0 aliphatic carbocycles. The molecule has 1 aromatic rings. The first-order valence-electron chi connectivity index (χ1n) is 6.69. The van der Waals surface area contributed by atoms with Gasteiger partial charge in [0.1, 0.15) is 11.9 Å². The minimum absolute atomic E-state index is 0.101. The first-order valence-corrected chi connectivity index (χ1v) is 6.69. The highest BCUT2D eigenvalue weighted by Crippen LogP contribution is 2.11. The number of morpholine rings is 1. The number of ether oxygens (including phenoxy) is 1. The Balaban J connectivity index is 2.14. The molecule has 0 aromatic carbocycles. The molecule has 2 amide bonds. The van der Waals surface area contributed by atoms with Gasteiger partial charge in [-0.2, -0.15) is 0 Å². The highest BCUT2D eigenvalue weighted by molar-refractivity contribution is 5.95. The third kappa shape index (κ3) is 2.96. The van der Waals surface area contributed by atoms with Crippen molar-refractivity contribution in [2.75, 3.05) is 26.8 Å². The van der Waals surface area contributed by atoms with Crippen molar-refractivity contribution in [2.24, 2.45) is 0 Å². The van der Waals surface area contributed by atoms with E-state index >= 15 is 0 Å². The Morgan fingerprint density at radius 1 is 1.55 bits per heavy atom. The quantitative estimate of drug-likeness (QED) is 0.763. The molecule has 2 N–H and O–H groups in total. The molecule has 0 spiro atoms. The first-order chi connectivity index (χ1) is 9.67. The van der Waals surface area contributed by atoms with Crippen molar-refractivity contribution in [1.82, 2.24) is 25.4 Å². The fraction of sp³-hybridized carbons (Fsp3) is 0.667. The molecule has 1 aliphatic rings. The summed E-state index contributed by atoms with van der Waals surface area (Å²) in [5.74, 6) is 0.188. The van der Waals surface area contributed by atoms with Crippen molar-refractivity contribution in [3.63, 3.8) is 0 Å². The lowest BCUT2D eigenvalue weighted by atomic mass is 10.2. The number of nitrogens with zero attached hydrogens (tertiary/aromatic N) is 3. The molecule has 0 saturated carbocycles. The predicted molar refractivity (Wildman–Crippen MR) is 70.1 cm³/mol. The van der Waals surface area contributed by atoms with Gasteiger partial charge in [0, 0.05) is 20.0 Å². The van der Waals surface area contributed by atoms with E-state index in [2.05, 4.69) is 20.5 Å². The summed E-state index contributed by atoms with van der Waals surface area (Å²) < 4.78 is 5.26. The number of hydrogen-bond donors (Lipinski definition) is 2. The summed E-state index contributed by atoms with van der Waals surface area (Å²) in [5, 5.41) is 9.21. The van der Waals surface area contributed by atoms with Crippen LogP contribution in [0.2, 0.25) is 0 Å². The zero-order valence-corrected chi connectivity index (χ0v) is 11.7. The van der Waals surface area contributed by atoms with Gasteiger partial charge in [-0.15, -0.1) is 5.10 Å². The number of likely N-dealkylation sites (N-methyl/N-ethyl adjacent to an activating group) is 1. The summed E-state index contributed by atoms with van der Waals surface area (Å²) in [6.45, 7) is 2.98. The average molecular weight is 281 g/mol. The molecular formula is C12H19N5O3. The summed E-state index contributed by atoms with van der Waals surface area (Å²) in [6, 6.07) is -0.630. The van der Waals surface area contributed by atoms with Crippen molar-refractivity contribution in [3.8, 4) is 0 Å². The number of aromatic nitrogens is 3. The van der Waals surface area contributed by atoms with Crippen molar-refractivity contribution in [1.29, 1.82) is 0 Å². The van der Waals surface area contributed by atoms with Crippen LogP contribution in [0.3, 0.4) is 0 Å². The fourth-order valence-electron chi connectivity index (χ4n) is 2.10. The van der Waals surface area contributed by atoms with Gasteiger partial charge in [-0.25, -0.2) is 4.98 Å². The number of H-pyrrole nitrogens is 1. The van der Waals surface area contributed by atoms with Crippen molar-refractivity contribution in [3.05, 3.63) is 11.6 Å². The number of rotatable bonds is 4. The molecule has 110 valence electrons. The van der Waals surface area contributed by atoms with Crippen LogP contribution in [0.1, 0.15) is 29.8 Å². The Morgan fingerprint density at radius 2 is 2.35 bits per heavy atom. The maximum absolute atomic E-state index is 12.4. The zero-order chi connectivity index (χ0) is 14.5. The van der Waals surface area contributed by atoms with E-state index in [0.717, 1.165) is 12.8 Å². The van der Waals surface area contributed by atoms with Crippen LogP contribution in [-0.2, 0) is 16.0 Å². The van der Waals surface area contributed by atoms with Crippen LogP contribution < -0.4 is 5.32 Å². The van der Waals surface area contributed by atoms with E-state index in [1.807, 2.05) is 6.92 Å².